The number of nitrogens with zero attached hydrogens (tertiary/aromatic N) is 3. The van der Waals surface area contributed by atoms with Crippen molar-refractivity contribution in [2.45, 2.75) is 59.2 Å². The van der Waals surface area contributed by atoms with Crippen LogP contribution in [0, 0.1) is 0 Å². The Morgan fingerprint density at radius 1 is 1.13 bits per heavy atom. The first kappa shape index (κ1) is 30.1. The largest absolute Gasteiger partial charge is 0.497 e. The van der Waals surface area contributed by atoms with E-state index in [-0.39, 0.29) is 30.2 Å². The van der Waals surface area contributed by atoms with Crippen molar-refractivity contribution in [2.75, 3.05) is 53.6 Å². The molecule has 0 radical (unpaired) electrons. The maximum Gasteiger partial charge on any atom is 0.338 e. The molecule has 39 heavy (non-hydrogen) atoms. The van der Waals surface area contributed by atoms with E-state index in [2.05, 4.69) is 15.5 Å². The van der Waals surface area contributed by atoms with Crippen LogP contribution in [-0.4, -0.2) is 97.9 Å². The van der Waals surface area contributed by atoms with E-state index in [1.807, 2.05) is 39.5 Å². The van der Waals surface area contributed by atoms with E-state index in [1.54, 1.807) is 44.2 Å². The zero-order chi connectivity index (χ0) is 28.9. The molecule has 1 saturated heterocycles. The first-order chi connectivity index (χ1) is 18.4. The van der Waals surface area contributed by atoms with Gasteiger partial charge in [-0.1, -0.05) is 0 Å². The molecule has 1 fully saturated rings. The second kappa shape index (κ2) is 12.6. The summed E-state index contributed by atoms with van der Waals surface area (Å²) in [5.41, 5.74) is 1.19. The van der Waals surface area contributed by atoms with E-state index in [0.717, 1.165) is 0 Å². The summed E-state index contributed by atoms with van der Waals surface area (Å²) < 4.78 is 16.5. The molecule has 2 aliphatic rings. The average Bonchev–Trinajstić information content (AvgIpc) is 2.87. The third-order valence-corrected chi connectivity index (χ3v) is 6.83. The summed E-state index contributed by atoms with van der Waals surface area (Å²) in [5, 5.41) is 6.01. The number of hydrogen-bond acceptors (Lipinski definition) is 7. The van der Waals surface area contributed by atoms with Crippen molar-refractivity contribution in [3.05, 3.63) is 35.0 Å². The molecule has 2 heterocycles. The van der Waals surface area contributed by atoms with Gasteiger partial charge >= 0.3 is 18.0 Å². The Balaban J connectivity index is 2.01. The van der Waals surface area contributed by atoms with Crippen molar-refractivity contribution in [2.24, 2.45) is 0 Å². The number of likely N-dealkylation sites (N-methyl/N-ethyl adjacent to an activating group) is 1. The predicted molar refractivity (Wildman–Crippen MR) is 148 cm³/mol. The fourth-order valence-corrected chi connectivity index (χ4v) is 5.04. The molecule has 4 amide bonds. The summed E-state index contributed by atoms with van der Waals surface area (Å²) in [6.45, 7) is 14.1. The molecule has 0 aromatic heterocycles. The summed E-state index contributed by atoms with van der Waals surface area (Å²) >= 11 is 0. The fraction of sp³-hybridized carbons (Fsp3) is 0.607. The summed E-state index contributed by atoms with van der Waals surface area (Å²) in [7, 11) is 3.10. The molecule has 0 bridgehead atoms. The van der Waals surface area contributed by atoms with Gasteiger partial charge in [0.05, 0.1) is 32.4 Å². The fourth-order valence-electron chi connectivity index (χ4n) is 5.04. The van der Waals surface area contributed by atoms with Gasteiger partial charge in [0.25, 0.3) is 0 Å². The SMILES string of the molecule is CCOC(=O)C1=C(CN2CCN(C(=O)NC(C)(C)C)C(C)C2)N(CC)C(=O)NC1c1cc(OC)ccc1OC. The van der Waals surface area contributed by atoms with Gasteiger partial charge in [0.2, 0.25) is 0 Å². The summed E-state index contributed by atoms with van der Waals surface area (Å²) in [4.78, 5) is 45.3. The molecule has 3 rings (SSSR count). The Labute approximate surface area is 231 Å². The van der Waals surface area contributed by atoms with E-state index in [1.165, 1.54) is 0 Å². The quantitative estimate of drug-likeness (QED) is 0.483. The van der Waals surface area contributed by atoms with E-state index in [0.29, 0.717) is 61.1 Å². The Hall–Kier alpha value is -3.47. The lowest BCUT2D eigenvalue weighted by atomic mass is 9.93. The number of amides is 4. The van der Waals surface area contributed by atoms with Crippen molar-refractivity contribution in [3.63, 3.8) is 0 Å². The van der Waals surface area contributed by atoms with Crippen LogP contribution in [-0.2, 0) is 9.53 Å². The number of urea groups is 2. The number of ether oxygens (including phenoxy) is 3. The van der Waals surface area contributed by atoms with Crippen molar-refractivity contribution < 1.29 is 28.6 Å². The minimum absolute atomic E-state index is 0.0606. The smallest absolute Gasteiger partial charge is 0.338 e. The normalized spacial score (nSPS) is 20.5. The van der Waals surface area contributed by atoms with Crippen LogP contribution in [0.25, 0.3) is 0 Å². The topological polar surface area (TPSA) is 113 Å². The molecule has 1 aromatic rings. The van der Waals surface area contributed by atoms with Crippen LogP contribution in [0.2, 0.25) is 0 Å². The second-order valence-corrected chi connectivity index (χ2v) is 10.8. The minimum Gasteiger partial charge on any atom is -0.497 e. The average molecular weight is 546 g/mol. The van der Waals surface area contributed by atoms with Gasteiger partial charge in [-0.05, 0) is 59.7 Å². The highest BCUT2D eigenvalue weighted by molar-refractivity contribution is 5.95. The van der Waals surface area contributed by atoms with Crippen LogP contribution in [0.3, 0.4) is 0 Å². The standard InChI is InChI=1S/C28H43N5O6/c1-9-32-21(17-31-13-14-33(18(3)16-31)27(36)30-28(4,5)6)23(25(34)39-10-2)24(29-26(32)35)20-15-19(37-7)11-12-22(20)38-8/h11-12,15,18,24H,9-10,13-14,16-17H2,1-8H3,(H,29,35)(H,30,36). The van der Waals surface area contributed by atoms with Crippen molar-refractivity contribution in [1.29, 1.82) is 0 Å². The zero-order valence-corrected chi connectivity index (χ0v) is 24.4. The second-order valence-electron chi connectivity index (χ2n) is 10.8. The lowest BCUT2D eigenvalue weighted by Gasteiger charge is -2.43. The van der Waals surface area contributed by atoms with Crippen LogP contribution < -0.4 is 20.1 Å². The molecular formula is C28H43N5O6. The molecule has 11 heteroatoms. The van der Waals surface area contributed by atoms with Gasteiger partial charge in [0.15, 0.2) is 0 Å². The monoisotopic (exact) mass is 545 g/mol. The number of piperazine rings is 1. The van der Waals surface area contributed by atoms with E-state index >= 15 is 0 Å². The number of carbonyl (C=O) groups excluding carboxylic acids is 3. The summed E-state index contributed by atoms with van der Waals surface area (Å²) in [6.07, 6.45) is 0. The Kier molecular flexibility index (Phi) is 9.71. The van der Waals surface area contributed by atoms with E-state index in [4.69, 9.17) is 14.2 Å². The molecule has 2 N–H and O–H groups in total. The molecule has 0 saturated carbocycles. The first-order valence-corrected chi connectivity index (χ1v) is 13.4. The molecule has 2 aliphatic heterocycles. The van der Waals surface area contributed by atoms with Crippen LogP contribution >= 0.6 is 0 Å². The number of benzene rings is 1. The highest BCUT2D eigenvalue weighted by Crippen LogP contribution is 2.38. The number of rotatable bonds is 8. The number of carbonyl (C=O) groups is 3. The van der Waals surface area contributed by atoms with Crippen molar-refractivity contribution >= 4 is 18.0 Å². The Bertz CT molecular complexity index is 1100. The highest BCUT2D eigenvalue weighted by Gasteiger charge is 2.40. The maximum absolute atomic E-state index is 13.5. The van der Waals surface area contributed by atoms with Crippen LogP contribution in [0.4, 0.5) is 9.59 Å². The molecule has 216 valence electrons. The number of nitrogens with one attached hydrogen (secondary N) is 2. The summed E-state index contributed by atoms with van der Waals surface area (Å²) in [6, 6.07) is 4.00. The molecular weight excluding hydrogens is 502 g/mol. The van der Waals surface area contributed by atoms with Crippen molar-refractivity contribution in [3.8, 4) is 11.5 Å². The molecule has 2 unspecified atom stereocenters. The van der Waals surface area contributed by atoms with Gasteiger partial charge in [0, 0.05) is 55.6 Å². The molecule has 11 nitrogen and oxygen atoms in total. The number of esters is 1. The minimum atomic E-state index is -0.796. The molecule has 2 atom stereocenters. The van der Waals surface area contributed by atoms with E-state index < -0.39 is 12.0 Å². The number of methoxy groups -OCH3 is 2. The third kappa shape index (κ3) is 6.95. The Morgan fingerprint density at radius 3 is 2.41 bits per heavy atom. The van der Waals surface area contributed by atoms with Gasteiger partial charge in [-0.2, -0.15) is 0 Å². The third-order valence-electron chi connectivity index (χ3n) is 6.83. The van der Waals surface area contributed by atoms with Gasteiger partial charge in [-0.15, -0.1) is 0 Å². The maximum atomic E-state index is 13.5. The Morgan fingerprint density at radius 2 is 1.85 bits per heavy atom. The van der Waals surface area contributed by atoms with Crippen LogP contribution in [0.5, 0.6) is 11.5 Å². The molecule has 0 aliphatic carbocycles. The van der Waals surface area contributed by atoms with Gasteiger partial charge in [-0.25, -0.2) is 14.4 Å². The van der Waals surface area contributed by atoms with Gasteiger partial charge in [0.1, 0.15) is 11.5 Å². The first-order valence-electron chi connectivity index (χ1n) is 13.4. The van der Waals surface area contributed by atoms with Crippen LogP contribution in [0.1, 0.15) is 53.1 Å². The van der Waals surface area contributed by atoms with Gasteiger partial charge < -0.3 is 29.7 Å². The van der Waals surface area contributed by atoms with E-state index in [9.17, 15) is 14.4 Å². The lowest BCUT2D eigenvalue weighted by Crippen LogP contribution is -2.59. The predicted octanol–water partition coefficient (Wildman–Crippen LogP) is 3.12. The zero-order valence-electron chi connectivity index (χ0n) is 24.4. The molecule has 1 aromatic carbocycles. The van der Waals surface area contributed by atoms with Crippen molar-refractivity contribution in [1.82, 2.24) is 25.3 Å². The van der Waals surface area contributed by atoms with Gasteiger partial charge in [-0.3, -0.25) is 9.80 Å². The lowest BCUT2D eigenvalue weighted by molar-refractivity contribution is -0.139. The number of hydrogen-bond donors (Lipinski definition) is 2. The molecule has 0 spiro atoms. The highest BCUT2D eigenvalue weighted by atomic mass is 16.5. The summed E-state index contributed by atoms with van der Waals surface area (Å²) in [5.74, 6) is 0.581. The van der Waals surface area contributed by atoms with Crippen LogP contribution in [0.15, 0.2) is 29.5 Å².